The summed E-state index contributed by atoms with van der Waals surface area (Å²) in [5.41, 5.74) is 0.540. The van der Waals surface area contributed by atoms with E-state index in [1.807, 2.05) is 0 Å². The molecule has 0 atom stereocenters. The Morgan fingerprint density at radius 1 is 1.10 bits per heavy atom. The summed E-state index contributed by atoms with van der Waals surface area (Å²) in [6, 6.07) is 0. The fraction of sp³-hybridized carbons (Fsp3) is 0.667. The first-order chi connectivity index (χ1) is 9.85. The van der Waals surface area contributed by atoms with Gasteiger partial charge < -0.3 is 9.80 Å². The molecule has 0 aliphatic carbocycles. The molecule has 0 amide bonds. The molecule has 0 radical (unpaired) electrons. The van der Waals surface area contributed by atoms with Gasteiger partial charge >= 0.3 is 0 Å². The molecular formula is C15H22N4O. The summed E-state index contributed by atoms with van der Waals surface area (Å²) in [5.74, 6) is 1.58. The smallest absolute Gasteiger partial charge is 0.225 e. The number of carbonyl (C=O) groups is 1. The fourth-order valence-corrected chi connectivity index (χ4v) is 3.20. The van der Waals surface area contributed by atoms with E-state index in [0.717, 1.165) is 31.2 Å². The van der Waals surface area contributed by atoms with Crippen molar-refractivity contribution in [1.82, 2.24) is 14.9 Å². The van der Waals surface area contributed by atoms with Gasteiger partial charge in [0.25, 0.3) is 0 Å². The van der Waals surface area contributed by atoms with E-state index >= 15 is 0 Å². The number of hydrogen-bond donors (Lipinski definition) is 0. The van der Waals surface area contributed by atoms with Gasteiger partial charge in [0.05, 0.1) is 5.56 Å². The summed E-state index contributed by atoms with van der Waals surface area (Å²) < 4.78 is 0. The number of carbonyl (C=O) groups excluding carboxylic acids is 1. The minimum Gasteiger partial charge on any atom is -0.341 e. The first-order valence-corrected chi connectivity index (χ1v) is 7.59. The highest BCUT2D eigenvalue weighted by molar-refractivity contribution is 5.73. The second kappa shape index (κ2) is 6.31. The molecule has 2 aliphatic rings. The van der Waals surface area contributed by atoms with E-state index in [-0.39, 0.29) is 0 Å². The number of nitrogens with zero attached hydrogens (tertiary/aromatic N) is 4. The van der Waals surface area contributed by atoms with Crippen molar-refractivity contribution in [3.63, 3.8) is 0 Å². The number of aldehydes is 1. The van der Waals surface area contributed by atoms with Gasteiger partial charge in [-0.1, -0.05) is 0 Å². The van der Waals surface area contributed by atoms with Crippen LogP contribution in [-0.2, 0) is 0 Å². The molecule has 5 nitrogen and oxygen atoms in total. The van der Waals surface area contributed by atoms with Gasteiger partial charge in [-0.15, -0.1) is 0 Å². The highest BCUT2D eigenvalue weighted by atomic mass is 16.1. The highest BCUT2D eigenvalue weighted by Crippen LogP contribution is 2.22. The molecule has 2 saturated heterocycles. The van der Waals surface area contributed by atoms with Gasteiger partial charge in [0.2, 0.25) is 5.95 Å². The van der Waals surface area contributed by atoms with E-state index in [4.69, 9.17) is 0 Å². The summed E-state index contributed by atoms with van der Waals surface area (Å²) in [6.45, 7) is 5.89. The monoisotopic (exact) mass is 274 g/mol. The zero-order chi connectivity index (χ0) is 13.8. The third-order valence-electron chi connectivity index (χ3n) is 4.41. The molecule has 3 heterocycles. The molecule has 108 valence electrons. The molecule has 0 bridgehead atoms. The maximum absolute atomic E-state index is 10.6. The number of rotatable bonds is 4. The lowest BCUT2D eigenvalue weighted by Crippen LogP contribution is -2.38. The molecule has 0 unspecified atom stereocenters. The van der Waals surface area contributed by atoms with Crippen LogP contribution < -0.4 is 4.90 Å². The van der Waals surface area contributed by atoms with Crippen LogP contribution >= 0.6 is 0 Å². The van der Waals surface area contributed by atoms with Crippen molar-refractivity contribution in [2.75, 3.05) is 37.6 Å². The van der Waals surface area contributed by atoms with Crippen LogP contribution in [0, 0.1) is 5.92 Å². The number of anilines is 1. The standard InChI is InChI=1S/C15H22N4O/c20-12-14-9-16-15(17-10-14)19-7-3-13(4-8-19)11-18-5-1-2-6-18/h9-10,12-13H,1-8,11H2. The Hall–Kier alpha value is -1.49. The quantitative estimate of drug-likeness (QED) is 0.781. The van der Waals surface area contributed by atoms with Crippen LogP contribution in [0.3, 0.4) is 0 Å². The van der Waals surface area contributed by atoms with Crippen LogP contribution in [0.5, 0.6) is 0 Å². The Kier molecular flexibility index (Phi) is 4.25. The van der Waals surface area contributed by atoms with Crippen LogP contribution in [0.15, 0.2) is 12.4 Å². The molecule has 20 heavy (non-hydrogen) atoms. The van der Waals surface area contributed by atoms with Crippen LogP contribution in [-0.4, -0.2) is 53.9 Å². The molecule has 3 rings (SSSR count). The van der Waals surface area contributed by atoms with Gasteiger partial charge in [0.15, 0.2) is 6.29 Å². The topological polar surface area (TPSA) is 49.3 Å². The van der Waals surface area contributed by atoms with Gasteiger partial charge in [0.1, 0.15) is 0 Å². The van der Waals surface area contributed by atoms with Crippen molar-refractivity contribution in [2.45, 2.75) is 25.7 Å². The maximum Gasteiger partial charge on any atom is 0.225 e. The van der Waals surface area contributed by atoms with E-state index in [2.05, 4.69) is 19.8 Å². The Labute approximate surface area is 120 Å². The lowest BCUT2D eigenvalue weighted by atomic mass is 9.96. The van der Waals surface area contributed by atoms with Crippen molar-refractivity contribution in [1.29, 1.82) is 0 Å². The maximum atomic E-state index is 10.6. The lowest BCUT2D eigenvalue weighted by molar-refractivity contribution is 0.112. The molecule has 0 aromatic carbocycles. The van der Waals surface area contributed by atoms with Crippen LogP contribution in [0.1, 0.15) is 36.0 Å². The predicted molar refractivity (Wildman–Crippen MR) is 78.0 cm³/mol. The molecular weight excluding hydrogens is 252 g/mol. The first kappa shape index (κ1) is 13.5. The Bertz CT molecular complexity index is 434. The molecule has 1 aromatic rings. The Balaban J connectivity index is 1.50. The van der Waals surface area contributed by atoms with Crippen molar-refractivity contribution in [3.05, 3.63) is 18.0 Å². The molecule has 1 aromatic heterocycles. The van der Waals surface area contributed by atoms with E-state index in [9.17, 15) is 4.79 Å². The van der Waals surface area contributed by atoms with E-state index < -0.39 is 0 Å². The Morgan fingerprint density at radius 2 is 1.75 bits per heavy atom. The summed E-state index contributed by atoms with van der Waals surface area (Å²) in [4.78, 5) is 24.0. The van der Waals surface area contributed by atoms with E-state index in [0.29, 0.717) is 5.56 Å². The van der Waals surface area contributed by atoms with Crippen molar-refractivity contribution in [3.8, 4) is 0 Å². The van der Waals surface area contributed by atoms with Gasteiger partial charge in [-0.2, -0.15) is 0 Å². The normalized spacial score (nSPS) is 21.3. The van der Waals surface area contributed by atoms with Gasteiger partial charge in [-0.05, 0) is 44.7 Å². The molecule has 0 spiro atoms. The molecule has 0 N–H and O–H groups in total. The molecule has 2 fully saturated rings. The average Bonchev–Trinajstić information content (AvgIpc) is 3.01. The van der Waals surface area contributed by atoms with Crippen LogP contribution in [0.2, 0.25) is 0 Å². The summed E-state index contributed by atoms with van der Waals surface area (Å²) in [6.07, 6.45) is 9.17. The van der Waals surface area contributed by atoms with Crippen molar-refractivity contribution in [2.24, 2.45) is 5.92 Å². The van der Waals surface area contributed by atoms with Crippen LogP contribution in [0.4, 0.5) is 5.95 Å². The fourth-order valence-electron chi connectivity index (χ4n) is 3.20. The largest absolute Gasteiger partial charge is 0.341 e. The average molecular weight is 274 g/mol. The molecule has 2 aliphatic heterocycles. The summed E-state index contributed by atoms with van der Waals surface area (Å²) in [7, 11) is 0. The summed E-state index contributed by atoms with van der Waals surface area (Å²) in [5, 5.41) is 0. The Morgan fingerprint density at radius 3 is 2.35 bits per heavy atom. The van der Waals surface area contributed by atoms with Crippen LogP contribution in [0.25, 0.3) is 0 Å². The van der Waals surface area contributed by atoms with E-state index in [1.54, 1.807) is 12.4 Å². The second-order valence-corrected chi connectivity index (χ2v) is 5.87. The van der Waals surface area contributed by atoms with Crippen molar-refractivity contribution >= 4 is 12.2 Å². The third-order valence-corrected chi connectivity index (χ3v) is 4.41. The zero-order valence-corrected chi connectivity index (χ0v) is 11.9. The summed E-state index contributed by atoms with van der Waals surface area (Å²) >= 11 is 0. The lowest BCUT2D eigenvalue weighted by Gasteiger charge is -2.33. The molecule has 0 saturated carbocycles. The minimum atomic E-state index is 0.540. The highest BCUT2D eigenvalue weighted by Gasteiger charge is 2.23. The first-order valence-electron chi connectivity index (χ1n) is 7.59. The predicted octanol–water partition coefficient (Wildman–Crippen LogP) is 1.60. The third kappa shape index (κ3) is 3.15. The zero-order valence-electron chi connectivity index (χ0n) is 11.9. The number of piperidine rings is 1. The van der Waals surface area contributed by atoms with Gasteiger partial charge in [-0.3, -0.25) is 4.79 Å². The van der Waals surface area contributed by atoms with E-state index in [1.165, 1.54) is 45.3 Å². The number of hydrogen-bond acceptors (Lipinski definition) is 5. The SMILES string of the molecule is O=Cc1cnc(N2CCC(CN3CCCC3)CC2)nc1. The molecule has 5 heteroatoms. The van der Waals surface area contributed by atoms with Gasteiger partial charge in [-0.25, -0.2) is 9.97 Å². The number of aromatic nitrogens is 2. The minimum absolute atomic E-state index is 0.540. The number of likely N-dealkylation sites (tertiary alicyclic amines) is 1. The van der Waals surface area contributed by atoms with Gasteiger partial charge in [0, 0.05) is 32.0 Å². The second-order valence-electron chi connectivity index (χ2n) is 5.87. The van der Waals surface area contributed by atoms with Crippen molar-refractivity contribution < 1.29 is 4.79 Å².